The Hall–Kier alpha value is -3.43. The van der Waals surface area contributed by atoms with Crippen molar-refractivity contribution in [3.63, 3.8) is 0 Å². The Balaban J connectivity index is 1.30. The lowest BCUT2D eigenvalue weighted by Crippen LogP contribution is -2.60. The summed E-state index contributed by atoms with van der Waals surface area (Å²) in [7, 11) is -0.663. The molecule has 2 heterocycles. The summed E-state index contributed by atoms with van der Waals surface area (Å²) < 4.78 is 46.9. The molecular formula is C42H57BrN4O9S. The molecule has 13 nitrogen and oxygen atoms in total. The molecule has 3 saturated carbocycles. The second-order valence-corrected chi connectivity index (χ2v) is 21.6. The van der Waals surface area contributed by atoms with Gasteiger partial charge in [-0.1, -0.05) is 46.8 Å². The largest absolute Gasteiger partial charge is 0.495 e. The zero-order valence-corrected chi connectivity index (χ0v) is 36.5. The number of halogens is 1. The lowest BCUT2D eigenvalue weighted by atomic mass is 9.83. The summed E-state index contributed by atoms with van der Waals surface area (Å²) in [5.74, 6) is -1.07. The Morgan fingerprint density at radius 3 is 2.39 bits per heavy atom. The van der Waals surface area contributed by atoms with Crippen LogP contribution < -0.4 is 20.1 Å². The quantitative estimate of drug-likeness (QED) is 0.295. The van der Waals surface area contributed by atoms with Crippen LogP contribution in [0.1, 0.15) is 104 Å². The molecule has 3 N–H and O–H groups in total. The van der Waals surface area contributed by atoms with E-state index in [1.807, 2.05) is 39.0 Å². The predicted molar refractivity (Wildman–Crippen MR) is 218 cm³/mol. The van der Waals surface area contributed by atoms with Gasteiger partial charge in [0.2, 0.25) is 21.8 Å². The molecule has 2 aromatic rings. The lowest BCUT2D eigenvalue weighted by molar-refractivity contribution is -0.143. The number of cyclic esters (lactones) is 1. The highest BCUT2D eigenvalue weighted by Crippen LogP contribution is 2.57. The van der Waals surface area contributed by atoms with Crippen LogP contribution in [0.15, 0.2) is 28.7 Å². The number of hydrogen-bond acceptors (Lipinski definition) is 9. The smallest absolute Gasteiger partial charge is 0.407 e. The highest BCUT2D eigenvalue weighted by Gasteiger charge is 2.67. The van der Waals surface area contributed by atoms with E-state index in [-0.39, 0.29) is 36.8 Å². The van der Waals surface area contributed by atoms with Gasteiger partial charge < -0.3 is 29.7 Å². The van der Waals surface area contributed by atoms with Gasteiger partial charge in [-0.05, 0) is 130 Å². The van der Waals surface area contributed by atoms with Crippen LogP contribution in [0.5, 0.6) is 5.75 Å². The monoisotopic (exact) mass is 872 g/mol. The molecule has 0 radical (unpaired) electrons. The van der Waals surface area contributed by atoms with Gasteiger partial charge in [0.25, 0.3) is 5.91 Å². The number of carbonyl (C=O) groups is 4. The number of methoxy groups -OCH3 is 2. The molecule has 4 amide bonds. The van der Waals surface area contributed by atoms with Gasteiger partial charge >= 0.3 is 6.09 Å². The molecule has 5 aliphatic rings. The minimum Gasteiger partial charge on any atom is -0.495 e. The number of benzene rings is 2. The first-order valence-corrected chi connectivity index (χ1v) is 22.5. The Labute approximate surface area is 344 Å². The number of sulfonamides is 1. The predicted octanol–water partition coefficient (Wildman–Crippen LogP) is 5.84. The maximum Gasteiger partial charge on any atom is 0.407 e. The topological polar surface area (TPSA) is 169 Å². The number of amides is 4. The zero-order chi connectivity index (χ0) is 41.3. The molecule has 2 aromatic carbocycles. The summed E-state index contributed by atoms with van der Waals surface area (Å²) in [5, 5.41) is 7.07. The second kappa shape index (κ2) is 15.0. The van der Waals surface area contributed by atoms with Crippen molar-refractivity contribution < 1.29 is 41.8 Å². The molecule has 2 aliphatic heterocycles. The van der Waals surface area contributed by atoms with Gasteiger partial charge in [0.1, 0.15) is 29.0 Å². The van der Waals surface area contributed by atoms with Gasteiger partial charge in [0.15, 0.2) is 0 Å². The van der Waals surface area contributed by atoms with Crippen LogP contribution in [0.3, 0.4) is 0 Å². The van der Waals surface area contributed by atoms with Gasteiger partial charge in [-0.25, -0.2) is 13.2 Å². The summed E-state index contributed by atoms with van der Waals surface area (Å²) >= 11 is 3.81. The third-order valence-corrected chi connectivity index (χ3v) is 15.6. The maximum atomic E-state index is 14.9. The van der Waals surface area contributed by atoms with E-state index >= 15 is 0 Å². The molecule has 7 rings (SSSR count). The van der Waals surface area contributed by atoms with Crippen molar-refractivity contribution in [3.05, 3.63) is 39.9 Å². The van der Waals surface area contributed by atoms with Crippen LogP contribution >= 0.6 is 15.9 Å². The summed E-state index contributed by atoms with van der Waals surface area (Å²) in [6.07, 6.45) is 5.49. The van der Waals surface area contributed by atoms with Crippen LogP contribution in [0.25, 0.3) is 10.8 Å². The van der Waals surface area contributed by atoms with Gasteiger partial charge in [-0.2, -0.15) is 0 Å². The molecule has 0 unspecified atom stereocenters. The summed E-state index contributed by atoms with van der Waals surface area (Å²) in [5.41, 5.74) is -1.74. The number of alkyl carbamates (subject to hydrolysis) is 1. The minimum absolute atomic E-state index is 0.0328. The highest BCUT2D eigenvalue weighted by atomic mass is 79.9. The van der Waals surface area contributed by atoms with Crippen LogP contribution in [0, 0.1) is 22.7 Å². The lowest BCUT2D eigenvalue weighted by Gasteiger charge is -2.36. The summed E-state index contributed by atoms with van der Waals surface area (Å²) in [6, 6.07) is 5.85. The molecular weight excluding hydrogens is 816 g/mol. The number of ether oxygens (including phenoxy) is 3. The Kier molecular flexibility index (Phi) is 11.0. The number of fused-ring (bicyclic) bond motifs is 5. The van der Waals surface area contributed by atoms with Crippen molar-refractivity contribution in [2.24, 2.45) is 22.7 Å². The molecule has 57 heavy (non-hydrogen) atoms. The normalized spacial score (nSPS) is 29.5. The average Bonchev–Trinajstić information content (AvgIpc) is 4.01. The van der Waals surface area contributed by atoms with E-state index in [0.29, 0.717) is 25.7 Å². The molecule has 3 aliphatic carbocycles. The van der Waals surface area contributed by atoms with Crippen molar-refractivity contribution in [1.82, 2.24) is 20.3 Å². The first-order chi connectivity index (χ1) is 26.7. The van der Waals surface area contributed by atoms with Crippen LogP contribution in [0.2, 0.25) is 0 Å². The Bertz CT molecular complexity index is 2080. The molecule has 0 aromatic heterocycles. The second-order valence-electron chi connectivity index (χ2n) is 18.8. The number of nitrogens with one attached hydrogen (secondary N) is 3. The highest BCUT2D eigenvalue weighted by molar-refractivity contribution is 9.10. The number of rotatable bonds is 8. The standard InChI is InChI=1S/C42H57BrN4O9S/c1-39(2,3)34-36(49)47-23-41(55-7,22-31(47)35(48)45-42(21-30(42)24-10-11-24)37(50)46-57(52,53)28-13-14-28)27-12-15-29-26(20-27)19-25(33(54-6)32(29)43)9-8-16-40(4,5)17-18-56-38(51)44-34/h12,15,19-20,24,28,30-31,34H,8-11,13-14,16-18,21-23H2,1-7H3,(H,44,51)(H,45,48)(H,46,50)/t30-,31-,34+,41-,42-/m0/s1. The number of hydrogen-bond donors (Lipinski definition) is 3. The Morgan fingerprint density at radius 2 is 1.75 bits per heavy atom. The van der Waals surface area contributed by atoms with E-state index in [1.165, 1.54) is 4.90 Å². The van der Waals surface area contributed by atoms with Crippen LogP contribution in [-0.2, 0) is 45.9 Å². The van der Waals surface area contributed by atoms with Crippen molar-refractivity contribution in [2.75, 3.05) is 27.4 Å². The maximum absolute atomic E-state index is 14.9. The first kappa shape index (κ1) is 41.7. The van der Waals surface area contributed by atoms with Crippen molar-refractivity contribution in [2.45, 2.75) is 127 Å². The van der Waals surface area contributed by atoms with E-state index in [9.17, 15) is 27.6 Å². The molecule has 15 heteroatoms. The fraction of sp³-hybridized carbons (Fsp3) is 0.667. The van der Waals surface area contributed by atoms with Crippen LogP contribution in [0.4, 0.5) is 4.79 Å². The van der Waals surface area contributed by atoms with Crippen molar-refractivity contribution in [1.29, 1.82) is 0 Å². The van der Waals surface area contributed by atoms with E-state index in [1.54, 1.807) is 14.2 Å². The molecule has 5 atom stereocenters. The average molecular weight is 874 g/mol. The first-order valence-electron chi connectivity index (χ1n) is 20.2. The molecule has 5 bridgehead atoms. The molecule has 1 saturated heterocycles. The SMILES string of the molecule is COc1c2cc3cc(ccc3c1Br)[C@]1(OC)C[C@@H](C(=O)N[C@@]3(C(=O)NS(=O)(=O)C4CC4)C[C@H]3C3CC3)N(C1)C(=O)[C@H](C(C)(C)C)NC(=O)OCCC(C)(C)CCC2. The van der Waals surface area contributed by atoms with Gasteiger partial charge in [0, 0.05) is 13.5 Å². The van der Waals surface area contributed by atoms with Gasteiger partial charge in [-0.3, -0.25) is 19.1 Å². The van der Waals surface area contributed by atoms with Gasteiger partial charge in [0.05, 0.1) is 30.0 Å². The van der Waals surface area contributed by atoms with E-state index in [4.69, 9.17) is 14.2 Å². The van der Waals surface area contributed by atoms with Crippen molar-refractivity contribution >= 4 is 60.5 Å². The molecule has 0 spiro atoms. The number of carbonyl (C=O) groups excluding carboxylic acids is 4. The van der Waals surface area contributed by atoms with Gasteiger partial charge in [-0.15, -0.1) is 0 Å². The third kappa shape index (κ3) is 8.26. The van der Waals surface area contributed by atoms with E-state index in [2.05, 4.69) is 51.2 Å². The van der Waals surface area contributed by atoms with E-state index < -0.39 is 67.7 Å². The zero-order valence-electron chi connectivity index (χ0n) is 34.1. The molecule has 4 fully saturated rings. The Morgan fingerprint density at radius 1 is 1.04 bits per heavy atom. The number of nitrogens with zero attached hydrogens (tertiary/aromatic N) is 1. The third-order valence-electron chi connectivity index (χ3n) is 13.0. The summed E-state index contributed by atoms with van der Waals surface area (Å²) in [4.78, 5) is 58.4. The minimum atomic E-state index is -3.88. The fourth-order valence-corrected chi connectivity index (χ4v) is 11.1. The molecule has 312 valence electrons. The van der Waals surface area contributed by atoms with E-state index in [0.717, 1.165) is 64.2 Å². The van der Waals surface area contributed by atoms with Crippen molar-refractivity contribution in [3.8, 4) is 5.75 Å². The summed E-state index contributed by atoms with van der Waals surface area (Å²) in [6.45, 7) is 9.91. The number of aryl methyl sites for hydroxylation is 1. The fourth-order valence-electron chi connectivity index (χ4n) is 8.98. The van der Waals surface area contributed by atoms with Crippen LogP contribution in [-0.4, -0.2) is 87.4 Å².